The Hall–Kier alpha value is -1.92. The van der Waals surface area contributed by atoms with Crippen molar-refractivity contribution in [3.63, 3.8) is 0 Å². The quantitative estimate of drug-likeness (QED) is 0.784. The zero-order valence-corrected chi connectivity index (χ0v) is 13.0. The molecule has 0 aromatic heterocycles. The van der Waals surface area contributed by atoms with Crippen molar-refractivity contribution in [2.75, 3.05) is 0 Å². The number of ether oxygens (including phenoxy) is 1. The Morgan fingerprint density at radius 3 is 2.61 bits per heavy atom. The van der Waals surface area contributed by atoms with Gasteiger partial charge in [-0.3, -0.25) is 4.79 Å². The molecule has 0 radical (unpaired) electrons. The topological polar surface area (TPSA) is 38.3 Å². The van der Waals surface area contributed by atoms with E-state index in [0.717, 1.165) is 12.1 Å². The van der Waals surface area contributed by atoms with Gasteiger partial charge in [0, 0.05) is 6.54 Å². The first-order chi connectivity index (χ1) is 10.9. The van der Waals surface area contributed by atoms with E-state index in [0.29, 0.717) is 5.56 Å². The third-order valence-corrected chi connectivity index (χ3v) is 3.43. The molecule has 0 fully saturated rings. The van der Waals surface area contributed by atoms with E-state index in [1.807, 2.05) is 0 Å². The molecule has 8 heteroatoms. The van der Waals surface area contributed by atoms with E-state index < -0.39 is 18.3 Å². The summed E-state index contributed by atoms with van der Waals surface area (Å²) >= 11 is 11.4. The molecule has 0 saturated heterocycles. The van der Waals surface area contributed by atoms with Gasteiger partial charge in [0.2, 0.25) is 0 Å². The number of benzene rings is 2. The van der Waals surface area contributed by atoms with Crippen LogP contribution in [-0.4, -0.2) is 12.5 Å². The number of nitrogens with one attached hydrogen (secondary N) is 1. The molecule has 0 aliphatic carbocycles. The summed E-state index contributed by atoms with van der Waals surface area (Å²) < 4.78 is 42.0. The molecule has 0 bridgehead atoms. The highest BCUT2D eigenvalue weighted by molar-refractivity contribution is 6.36. The Bertz CT molecular complexity index is 726. The van der Waals surface area contributed by atoms with Crippen LogP contribution in [0.1, 0.15) is 15.9 Å². The van der Waals surface area contributed by atoms with Gasteiger partial charge in [-0.1, -0.05) is 35.3 Å². The Morgan fingerprint density at radius 1 is 1.17 bits per heavy atom. The number of carbonyl (C=O) groups is 1. The number of carbonyl (C=O) groups excluding carboxylic acids is 1. The van der Waals surface area contributed by atoms with Crippen molar-refractivity contribution >= 4 is 29.1 Å². The lowest BCUT2D eigenvalue weighted by Crippen LogP contribution is -2.23. The van der Waals surface area contributed by atoms with E-state index in [9.17, 15) is 18.0 Å². The van der Waals surface area contributed by atoms with E-state index in [2.05, 4.69) is 10.1 Å². The summed E-state index contributed by atoms with van der Waals surface area (Å²) in [7, 11) is 0. The zero-order chi connectivity index (χ0) is 17.0. The first-order valence-corrected chi connectivity index (χ1v) is 7.09. The highest BCUT2D eigenvalue weighted by atomic mass is 35.5. The third-order valence-electron chi connectivity index (χ3n) is 2.83. The minimum atomic E-state index is -2.93. The lowest BCUT2D eigenvalue weighted by atomic mass is 10.2. The number of rotatable bonds is 5. The van der Waals surface area contributed by atoms with E-state index in [4.69, 9.17) is 23.2 Å². The Kier molecular flexibility index (Phi) is 5.74. The summed E-state index contributed by atoms with van der Waals surface area (Å²) in [5.41, 5.74) is 0.454. The first kappa shape index (κ1) is 17.4. The Labute approximate surface area is 140 Å². The summed E-state index contributed by atoms with van der Waals surface area (Å²) in [6.07, 6.45) is 0. The van der Waals surface area contributed by atoms with Crippen LogP contribution in [0.2, 0.25) is 10.0 Å². The van der Waals surface area contributed by atoms with Gasteiger partial charge in [0.25, 0.3) is 5.91 Å². The van der Waals surface area contributed by atoms with Gasteiger partial charge in [-0.05, 0) is 29.8 Å². The molecule has 0 spiro atoms. The summed E-state index contributed by atoms with van der Waals surface area (Å²) in [6.45, 7) is -2.91. The number of hydrogen-bond acceptors (Lipinski definition) is 2. The summed E-state index contributed by atoms with van der Waals surface area (Å²) in [5.74, 6) is -1.42. The first-order valence-electron chi connectivity index (χ1n) is 6.33. The fraction of sp³-hybridized carbons (Fsp3) is 0.133. The molecule has 0 unspecified atom stereocenters. The minimum Gasteiger partial charge on any atom is -0.435 e. The van der Waals surface area contributed by atoms with Gasteiger partial charge in [0.05, 0.1) is 15.6 Å². The molecule has 0 aliphatic heterocycles. The van der Waals surface area contributed by atoms with Crippen molar-refractivity contribution in [3.8, 4) is 5.75 Å². The van der Waals surface area contributed by atoms with Crippen LogP contribution in [-0.2, 0) is 6.54 Å². The van der Waals surface area contributed by atoms with Gasteiger partial charge in [-0.2, -0.15) is 8.78 Å². The molecule has 2 aromatic rings. The van der Waals surface area contributed by atoms with Crippen molar-refractivity contribution in [3.05, 3.63) is 63.4 Å². The molecule has 2 rings (SSSR count). The van der Waals surface area contributed by atoms with Crippen LogP contribution >= 0.6 is 23.2 Å². The zero-order valence-electron chi connectivity index (χ0n) is 11.5. The molecule has 0 atom stereocenters. The van der Waals surface area contributed by atoms with Gasteiger partial charge < -0.3 is 10.1 Å². The van der Waals surface area contributed by atoms with Gasteiger partial charge in [-0.25, -0.2) is 4.39 Å². The average molecular weight is 364 g/mol. The summed E-state index contributed by atoms with van der Waals surface area (Å²) in [5, 5.41) is 2.32. The molecule has 2 aromatic carbocycles. The largest absolute Gasteiger partial charge is 0.435 e. The van der Waals surface area contributed by atoms with Gasteiger partial charge >= 0.3 is 6.61 Å². The van der Waals surface area contributed by atoms with Crippen LogP contribution in [0.25, 0.3) is 0 Å². The van der Waals surface area contributed by atoms with E-state index in [-0.39, 0.29) is 27.9 Å². The van der Waals surface area contributed by atoms with Crippen molar-refractivity contribution in [2.24, 2.45) is 0 Å². The monoisotopic (exact) mass is 363 g/mol. The summed E-state index contributed by atoms with van der Waals surface area (Å²) in [4.78, 5) is 12.0. The van der Waals surface area contributed by atoms with E-state index in [1.54, 1.807) is 6.07 Å². The summed E-state index contributed by atoms with van der Waals surface area (Å²) in [6, 6.07) is 7.90. The predicted octanol–water partition coefficient (Wildman–Crippen LogP) is 4.66. The fourth-order valence-corrected chi connectivity index (χ4v) is 2.27. The third kappa shape index (κ3) is 4.77. The van der Waals surface area contributed by atoms with E-state index >= 15 is 0 Å². The maximum atomic E-state index is 13.4. The molecule has 0 heterocycles. The SMILES string of the molecule is O=C(NCc1cccc(OC(F)F)c1)c1cc(F)c(Cl)cc1Cl. The van der Waals surface area contributed by atoms with Crippen LogP contribution in [0.5, 0.6) is 5.75 Å². The number of alkyl halides is 2. The standard InChI is InChI=1S/C15H10Cl2F3NO2/c16-11-6-12(17)13(18)5-10(11)14(22)21-7-8-2-1-3-9(4-8)23-15(19)20/h1-6,15H,7H2,(H,21,22). The Morgan fingerprint density at radius 2 is 1.91 bits per heavy atom. The second-order valence-corrected chi connectivity index (χ2v) is 5.27. The molecule has 3 nitrogen and oxygen atoms in total. The molecule has 1 amide bonds. The minimum absolute atomic E-state index is 0.00341. The fourth-order valence-electron chi connectivity index (χ4n) is 1.81. The Balaban J connectivity index is 2.06. The van der Waals surface area contributed by atoms with Crippen molar-refractivity contribution in [2.45, 2.75) is 13.2 Å². The maximum absolute atomic E-state index is 13.4. The van der Waals surface area contributed by atoms with Crippen LogP contribution in [0.3, 0.4) is 0 Å². The van der Waals surface area contributed by atoms with Crippen LogP contribution in [0, 0.1) is 5.82 Å². The maximum Gasteiger partial charge on any atom is 0.387 e. The smallest absolute Gasteiger partial charge is 0.387 e. The highest BCUT2D eigenvalue weighted by Crippen LogP contribution is 2.24. The predicted molar refractivity (Wildman–Crippen MR) is 80.7 cm³/mol. The lowest BCUT2D eigenvalue weighted by molar-refractivity contribution is -0.0498. The van der Waals surface area contributed by atoms with Gasteiger partial charge in [-0.15, -0.1) is 0 Å². The number of hydrogen-bond donors (Lipinski definition) is 1. The highest BCUT2D eigenvalue weighted by Gasteiger charge is 2.14. The molecule has 1 N–H and O–H groups in total. The second-order valence-electron chi connectivity index (χ2n) is 4.45. The molecule has 0 saturated carbocycles. The second kappa shape index (κ2) is 7.57. The molecule has 122 valence electrons. The van der Waals surface area contributed by atoms with Crippen LogP contribution in [0.15, 0.2) is 36.4 Å². The van der Waals surface area contributed by atoms with Gasteiger partial charge in [0.1, 0.15) is 11.6 Å². The van der Waals surface area contributed by atoms with Crippen LogP contribution < -0.4 is 10.1 Å². The molecule has 0 aliphatic rings. The molecular weight excluding hydrogens is 354 g/mol. The number of halogens is 5. The molecule has 23 heavy (non-hydrogen) atoms. The van der Waals surface area contributed by atoms with Crippen LogP contribution in [0.4, 0.5) is 13.2 Å². The lowest BCUT2D eigenvalue weighted by Gasteiger charge is -2.09. The number of amides is 1. The molecular formula is C15H10Cl2F3NO2. The normalized spacial score (nSPS) is 10.7. The van der Waals surface area contributed by atoms with Crippen molar-refractivity contribution in [1.82, 2.24) is 5.32 Å². The van der Waals surface area contributed by atoms with Gasteiger partial charge in [0.15, 0.2) is 0 Å². The van der Waals surface area contributed by atoms with Crippen molar-refractivity contribution < 1.29 is 22.7 Å². The van der Waals surface area contributed by atoms with E-state index in [1.165, 1.54) is 18.2 Å². The van der Waals surface area contributed by atoms with Crippen molar-refractivity contribution in [1.29, 1.82) is 0 Å². The average Bonchev–Trinajstić information content (AvgIpc) is 2.48.